The van der Waals surface area contributed by atoms with E-state index < -0.39 is 16.1 Å². The van der Waals surface area contributed by atoms with E-state index in [0.717, 1.165) is 12.8 Å². The Hall–Kier alpha value is -1.18. The maximum absolute atomic E-state index is 12.7. The minimum absolute atomic E-state index is 0.0352. The Kier molecular flexibility index (Phi) is 2.99. The van der Waals surface area contributed by atoms with E-state index in [1.165, 1.54) is 16.6 Å². The lowest BCUT2D eigenvalue weighted by Crippen LogP contribution is -2.48. The normalized spacial score (nSPS) is 31.5. The second-order valence-electron chi connectivity index (χ2n) is 5.23. The number of piperidine rings is 1. The Balaban J connectivity index is 2.01. The van der Waals surface area contributed by atoms with E-state index in [1.807, 2.05) is 0 Å². The zero-order valence-electron chi connectivity index (χ0n) is 10.4. The average Bonchev–Trinajstić information content (AvgIpc) is 2.63. The molecule has 2 atom stereocenters. The van der Waals surface area contributed by atoms with Crippen LogP contribution in [0, 0.1) is 0 Å². The number of pyridine rings is 1. The molecule has 2 aliphatic heterocycles. The molecule has 3 rings (SSSR count). The van der Waals surface area contributed by atoms with E-state index in [0.29, 0.717) is 12.8 Å². The number of hydrogen-bond donors (Lipinski definition) is 2. The topological polar surface area (TPSA) is 96.5 Å². The van der Waals surface area contributed by atoms with Crippen LogP contribution in [-0.4, -0.2) is 41.0 Å². The predicted molar refractivity (Wildman–Crippen MR) is 69.7 cm³/mol. The standard InChI is InChI=1S/C12H17N3O3S/c13-12-11(2-1-5-14-12)19(17,18)15-8-3-4-9(15)7-10(16)6-8/h1-2,5,8-10,16H,3-4,6-7H2,(H2,13,14). The molecule has 19 heavy (non-hydrogen) atoms. The highest BCUT2D eigenvalue weighted by molar-refractivity contribution is 7.89. The second kappa shape index (κ2) is 4.43. The van der Waals surface area contributed by atoms with Gasteiger partial charge in [-0.3, -0.25) is 0 Å². The van der Waals surface area contributed by atoms with Gasteiger partial charge in [0.15, 0.2) is 0 Å². The number of fused-ring (bicyclic) bond motifs is 2. The zero-order valence-corrected chi connectivity index (χ0v) is 11.3. The lowest BCUT2D eigenvalue weighted by Gasteiger charge is -2.36. The van der Waals surface area contributed by atoms with Crippen LogP contribution in [0.2, 0.25) is 0 Å². The molecule has 0 aliphatic carbocycles. The van der Waals surface area contributed by atoms with Crippen molar-refractivity contribution in [3.8, 4) is 0 Å². The predicted octanol–water partition coefficient (Wildman–Crippen LogP) is 0.340. The number of aromatic nitrogens is 1. The van der Waals surface area contributed by atoms with Crippen molar-refractivity contribution in [1.29, 1.82) is 0 Å². The lowest BCUT2D eigenvalue weighted by atomic mass is 10.0. The van der Waals surface area contributed by atoms with Gasteiger partial charge in [-0.1, -0.05) is 0 Å². The van der Waals surface area contributed by atoms with Gasteiger partial charge in [-0.25, -0.2) is 13.4 Å². The van der Waals surface area contributed by atoms with E-state index in [4.69, 9.17) is 5.73 Å². The number of aliphatic hydroxyl groups is 1. The minimum Gasteiger partial charge on any atom is -0.393 e. The first-order chi connectivity index (χ1) is 9.00. The van der Waals surface area contributed by atoms with Crippen LogP contribution < -0.4 is 5.73 Å². The SMILES string of the molecule is Nc1ncccc1S(=O)(=O)N1C2CCC1CC(O)C2. The van der Waals surface area contributed by atoms with Gasteiger partial charge in [-0.15, -0.1) is 0 Å². The number of nitrogens with zero attached hydrogens (tertiary/aromatic N) is 2. The van der Waals surface area contributed by atoms with Crippen molar-refractivity contribution in [1.82, 2.24) is 9.29 Å². The summed E-state index contributed by atoms with van der Waals surface area (Å²) in [6.07, 6.45) is 3.71. The number of rotatable bonds is 2. The third kappa shape index (κ3) is 2.01. The zero-order chi connectivity index (χ0) is 13.6. The summed E-state index contributed by atoms with van der Waals surface area (Å²) >= 11 is 0. The van der Waals surface area contributed by atoms with Crippen molar-refractivity contribution in [3.63, 3.8) is 0 Å². The molecule has 2 aliphatic rings. The van der Waals surface area contributed by atoms with Crippen LogP contribution >= 0.6 is 0 Å². The number of nitrogen functional groups attached to an aromatic ring is 1. The fourth-order valence-electron chi connectivity index (χ4n) is 3.23. The van der Waals surface area contributed by atoms with Crippen LogP contribution in [-0.2, 0) is 10.0 Å². The molecule has 3 heterocycles. The van der Waals surface area contributed by atoms with Gasteiger partial charge in [0.25, 0.3) is 0 Å². The Morgan fingerprint density at radius 3 is 2.53 bits per heavy atom. The summed E-state index contributed by atoms with van der Waals surface area (Å²) in [7, 11) is -3.62. The van der Waals surface area contributed by atoms with Gasteiger partial charge in [0.1, 0.15) is 10.7 Å². The quantitative estimate of drug-likeness (QED) is 0.816. The van der Waals surface area contributed by atoms with Crippen molar-refractivity contribution in [2.24, 2.45) is 0 Å². The maximum atomic E-state index is 12.7. The summed E-state index contributed by atoms with van der Waals surface area (Å²) in [5.74, 6) is 0.0352. The molecule has 2 fully saturated rings. The fourth-order valence-corrected chi connectivity index (χ4v) is 5.19. The first kappa shape index (κ1) is 12.8. The molecule has 3 N–H and O–H groups in total. The van der Waals surface area contributed by atoms with Crippen molar-refractivity contribution in [2.45, 2.75) is 48.8 Å². The third-order valence-corrected chi connectivity index (χ3v) is 6.05. The highest BCUT2D eigenvalue weighted by atomic mass is 32.2. The Morgan fingerprint density at radius 1 is 1.32 bits per heavy atom. The van der Waals surface area contributed by atoms with Crippen LogP contribution in [0.25, 0.3) is 0 Å². The molecule has 0 aromatic carbocycles. The van der Waals surface area contributed by atoms with Crippen LogP contribution in [0.5, 0.6) is 0 Å². The number of nitrogens with two attached hydrogens (primary N) is 1. The Bertz CT molecular complexity index is 576. The lowest BCUT2D eigenvalue weighted by molar-refractivity contribution is 0.0769. The monoisotopic (exact) mass is 283 g/mol. The summed E-state index contributed by atoms with van der Waals surface area (Å²) in [6.45, 7) is 0. The summed E-state index contributed by atoms with van der Waals surface area (Å²) in [5, 5.41) is 9.74. The molecule has 0 amide bonds. The minimum atomic E-state index is -3.62. The second-order valence-corrected chi connectivity index (χ2v) is 7.04. The summed E-state index contributed by atoms with van der Waals surface area (Å²) < 4.78 is 26.9. The van der Waals surface area contributed by atoms with Gasteiger partial charge in [-0.05, 0) is 37.8 Å². The van der Waals surface area contributed by atoms with Crippen molar-refractivity contribution >= 4 is 15.8 Å². The molecule has 2 unspecified atom stereocenters. The summed E-state index contributed by atoms with van der Waals surface area (Å²) in [4.78, 5) is 3.92. The molecule has 0 saturated carbocycles. The highest BCUT2D eigenvalue weighted by Crippen LogP contribution is 2.40. The first-order valence-electron chi connectivity index (χ1n) is 6.42. The van der Waals surface area contributed by atoms with Gasteiger partial charge in [0.2, 0.25) is 10.0 Å². The molecule has 2 bridgehead atoms. The highest BCUT2D eigenvalue weighted by Gasteiger charge is 2.47. The Labute approximate surface area is 112 Å². The fraction of sp³-hybridized carbons (Fsp3) is 0.583. The largest absolute Gasteiger partial charge is 0.393 e. The Morgan fingerprint density at radius 2 is 1.95 bits per heavy atom. The van der Waals surface area contributed by atoms with Gasteiger partial charge < -0.3 is 10.8 Å². The summed E-state index contributed by atoms with van der Waals surface area (Å²) in [5.41, 5.74) is 5.69. The smallest absolute Gasteiger partial charge is 0.247 e. The summed E-state index contributed by atoms with van der Waals surface area (Å²) in [6, 6.07) is 2.84. The number of anilines is 1. The number of aliphatic hydroxyl groups excluding tert-OH is 1. The maximum Gasteiger partial charge on any atom is 0.247 e. The first-order valence-corrected chi connectivity index (χ1v) is 7.86. The molecular weight excluding hydrogens is 266 g/mol. The average molecular weight is 283 g/mol. The van der Waals surface area contributed by atoms with Crippen LogP contribution in [0.15, 0.2) is 23.2 Å². The van der Waals surface area contributed by atoms with E-state index >= 15 is 0 Å². The molecule has 0 radical (unpaired) electrons. The molecule has 7 heteroatoms. The van der Waals surface area contributed by atoms with Crippen LogP contribution in [0.4, 0.5) is 5.82 Å². The molecule has 2 saturated heterocycles. The molecule has 1 aromatic rings. The van der Waals surface area contributed by atoms with Crippen molar-refractivity contribution in [2.75, 3.05) is 5.73 Å². The van der Waals surface area contributed by atoms with E-state index in [-0.39, 0.29) is 22.8 Å². The molecule has 104 valence electrons. The van der Waals surface area contributed by atoms with Crippen molar-refractivity contribution < 1.29 is 13.5 Å². The van der Waals surface area contributed by atoms with Gasteiger partial charge in [-0.2, -0.15) is 4.31 Å². The molecule has 1 aromatic heterocycles. The number of sulfonamides is 1. The van der Waals surface area contributed by atoms with Gasteiger partial charge >= 0.3 is 0 Å². The van der Waals surface area contributed by atoms with Crippen LogP contribution in [0.1, 0.15) is 25.7 Å². The number of hydrogen-bond acceptors (Lipinski definition) is 5. The van der Waals surface area contributed by atoms with E-state index in [2.05, 4.69) is 4.98 Å². The van der Waals surface area contributed by atoms with Gasteiger partial charge in [0, 0.05) is 18.3 Å². The van der Waals surface area contributed by atoms with Gasteiger partial charge in [0.05, 0.1) is 6.10 Å². The van der Waals surface area contributed by atoms with Crippen LogP contribution in [0.3, 0.4) is 0 Å². The van der Waals surface area contributed by atoms with E-state index in [1.54, 1.807) is 6.07 Å². The van der Waals surface area contributed by atoms with Crippen molar-refractivity contribution in [3.05, 3.63) is 18.3 Å². The third-order valence-electron chi connectivity index (χ3n) is 4.00. The van der Waals surface area contributed by atoms with E-state index in [9.17, 15) is 13.5 Å². The molecular formula is C12H17N3O3S. The molecule has 0 spiro atoms. The molecule has 6 nitrogen and oxygen atoms in total.